The van der Waals surface area contributed by atoms with Gasteiger partial charge in [0.05, 0.1) is 12.7 Å². The first-order valence-corrected chi connectivity index (χ1v) is 6.21. The summed E-state index contributed by atoms with van der Waals surface area (Å²) in [5, 5.41) is 1.02. The predicted molar refractivity (Wildman–Crippen MR) is 62.4 cm³/mol. The molecule has 0 aromatic heterocycles. The number of rotatable bonds is 5. The van der Waals surface area contributed by atoms with Crippen LogP contribution in [0.15, 0.2) is 0 Å². The topological polar surface area (TPSA) is 9.23 Å². The van der Waals surface area contributed by atoms with Crippen molar-refractivity contribution in [2.45, 2.75) is 47.1 Å². The molecule has 0 aliphatic rings. The highest BCUT2D eigenvalue weighted by atomic mass is 79.9. The third-order valence-corrected chi connectivity index (χ3v) is 3.35. The molecule has 0 radical (unpaired) electrons. The molecule has 13 heavy (non-hydrogen) atoms. The summed E-state index contributed by atoms with van der Waals surface area (Å²) in [6.07, 6.45) is 1.49. The maximum Gasteiger partial charge on any atom is 0.0544 e. The Hall–Kier alpha value is 0.440. The lowest BCUT2D eigenvalue weighted by Gasteiger charge is -2.29. The first-order valence-electron chi connectivity index (χ1n) is 5.09. The molecule has 0 rings (SSSR count). The molecule has 0 aliphatic carbocycles. The van der Waals surface area contributed by atoms with Crippen LogP contribution in [-0.2, 0) is 4.74 Å². The van der Waals surface area contributed by atoms with Crippen LogP contribution in [0.1, 0.15) is 41.0 Å². The lowest BCUT2D eigenvalue weighted by atomic mass is 9.83. The zero-order valence-corrected chi connectivity index (χ0v) is 11.1. The fourth-order valence-electron chi connectivity index (χ4n) is 0.924. The van der Waals surface area contributed by atoms with Gasteiger partial charge in [-0.3, -0.25) is 0 Å². The molecule has 2 atom stereocenters. The quantitative estimate of drug-likeness (QED) is 0.674. The molecule has 0 amide bonds. The zero-order chi connectivity index (χ0) is 10.5. The molecule has 0 spiro atoms. The largest absolute Gasteiger partial charge is 0.378 e. The summed E-state index contributed by atoms with van der Waals surface area (Å²) in [5.74, 6) is 0.599. The second kappa shape index (κ2) is 6.02. The van der Waals surface area contributed by atoms with Crippen LogP contribution < -0.4 is 0 Å². The number of hydrogen-bond acceptors (Lipinski definition) is 1. The summed E-state index contributed by atoms with van der Waals surface area (Å²) in [7, 11) is 0. The number of alkyl halides is 1. The Labute approximate surface area is 91.4 Å². The maximum atomic E-state index is 5.74. The number of halogens is 1. The van der Waals surface area contributed by atoms with Crippen molar-refractivity contribution in [1.29, 1.82) is 0 Å². The molecule has 0 bridgehead atoms. The van der Waals surface area contributed by atoms with Gasteiger partial charge in [0, 0.05) is 5.33 Å². The minimum absolute atomic E-state index is 0.330. The molecule has 80 valence electrons. The summed E-state index contributed by atoms with van der Waals surface area (Å²) in [4.78, 5) is 0. The van der Waals surface area contributed by atoms with Gasteiger partial charge in [-0.1, -0.05) is 43.6 Å². The molecule has 0 aromatic rings. The van der Waals surface area contributed by atoms with Crippen LogP contribution in [0.25, 0.3) is 0 Å². The van der Waals surface area contributed by atoms with Crippen molar-refractivity contribution < 1.29 is 4.74 Å². The summed E-state index contributed by atoms with van der Waals surface area (Å²) >= 11 is 3.54. The predicted octanol–water partition coefficient (Wildman–Crippen LogP) is 3.86. The van der Waals surface area contributed by atoms with Gasteiger partial charge in [0.15, 0.2) is 0 Å². The van der Waals surface area contributed by atoms with Crippen LogP contribution in [-0.4, -0.2) is 18.0 Å². The van der Waals surface area contributed by atoms with Crippen LogP contribution in [0.5, 0.6) is 0 Å². The smallest absolute Gasteiger partial charge is 0.0544 e. The molecule has 0 N–H and O–H groups in total. The van der Waals surface area contributed by atoms with E-state index in [2.05, 4.69) is 50.5 Å². The second-order valence-corrected chi connectivity index (χ2v) is 5.42. The van der Waals surface area contributed by atoms with Gasteiger partial charge in [-0.25, -0.2) is 0 Å². The van der Waals surface area contributed by atoms with E-state index in [1.165, 1.54) is 0 Å². The van der Waals surface area contributed by atoms with Gasteiger partial charge in [0.2, 0.25) is 0 Å². The van der Waals surface area contributed by atoms with Crippen molar-refractivity contribution in [3.05, 3.63) is 0 Å². The Kier molecular flexibility index (Phi) is 6.23. The molecule has 0 saturated carbocycles. The van der Waals surface area contributed by atoms with Gasteiger partial charge in [0.1, 0.15) is 0 Å². The van der Waals surface area contributed by atoms with Crippen LogP contribution in [0.2, 0.25) is 0 Å². The lowest BCUT2D eigenvalue weighted by Crippen LogP contribution is -2.28. The molecule has 0 saturated heterocycles. The summed E-state index contributed by atoms with van der Waals surface area (Å²) in [6, 6.07) is 0. The average Bonchev–Trinajstić information content (AvgIpc) is 2.02. The van der Waals surface area contributed by atoms with E-state index >= 15 is 0 Å². The van der Waals surface area contributed by atoms with Gasteiger partial charge in [-0.15, -0.1) is 0 Å². The van der Waals surface area contributed by atoms with E-state index in [9.17, 15) is 0 Å². The first kappa shape index (κ1) is 13.4. The molecule has 2 unspecified atom stereocenters. The summed E-state index contributed by atoms with van der Waals surface area (Å²) in [6.45, 7) is 11.9. The van der Waals surface area contributed by atoms with Gasteiger partial charge < -0.3 is 4.74 Å². The maximum absolute atomic E-state index is 5.74. The third-order valence-electron chi connectivity index (χ3n) is 2.57. The summed E-state index contributed by atoms with van der Waals surface area (Å²) in [5.41, 5.74) is 0.330. The van der Waals surface area contributed by atoms with E-state index < -0.39 is 0 Å². The van der Waals surface area contributed by atoms with Crippen LogP contribution in [0, 0.1) is 11.3 Å². The molecule has 0 aliphatic heterocycles. The Morgan fingerprint density at radius 3 is 2.15 bits per heavy atom. The summed E-state index contributed by atoms with van der Waals surface area (Å²) < 4.78 is 5.74. The molecule has 2 heteroatoms. The second-order valence-electron chi connectivity index (χ2n) is 4.77. The van der Waals surface area contributed by atoms with Gasteiger partial charge in [-0.2, -0.15) is 0 Å². The van der Waals surface area contributed by atoms with Crippen molar-refractivity contribution in [2.24, 2.45) is 11.3 Å². The minimum Gasteiger partial charge on any atom is -0.378 e. The van der Waals surface area contributed by atoms with Gasteiger partial charge in [0.25, 0.3) is 0 Å². The van der Waals surface area contributed by atoms with Crippen molar-refractivity contribution in [3.63, 3.8) is 0 Å². The van der Waals surface area contributed by atoms with Crippen molar-refractivity contribution >= 4 is 15.9 Å². The Morgan fingerprint density at radius 2 is 1.85 bits per heavy atom. The van der Waals surface area contributed by atoms with Crippen LogP contribution in [0.4, 0.5) is 0 Å². The molecule has 0 fully saturated rings. The first-order chi connectivity index (χ1) is 5.91. The van der Waals surface area contributed by atoms with Crippen molar-refractivity contribution in [2.75, 3.05) is 11.9 Å². The fourth-order valence-corrected chi connectivity index (χ4v) is 2.08. The Balaban J connectivity index is 3.86. The number of ether oxygens (including phenoxy) is 1. The highest BCUT2D eigenvalue weighted by Gasteiger charge is 2.23. The molecular weight excluding hydrogens is 228 g/mol. The highest BCUT2D eigenvalue weighted by Crippen LogP contribution is 2.28. The van der Waals surface area contributed by atoms with Crippen LogP contribution in [0.3, 0.4) is 0 Å². The van der Waals surface area contributed by atoms with Crippen LogP contribution >= 0.6 is 15.9 Å². The number of hydrogen-bond donors (Lipinski definition) is 0. The normalized spacial score (nSPS) is 17.1. The monoisotopic (exact) mass is 250 g/mol. The molecule has 1 nitrogen and oxygen atoms in total. The minimum atomic E-state index is 0.330. The standard InChI is InChI=1S/C11H23BrO/c1-6-9(2)13-8-10(7-12)11(3,4)5/h9-10H,6-8H2,1-5H3. The van der Waals surface area contributed by atoms with Crippen molar-refractivity contribution in [3.8, 4) is 0 Å². The molecule has 0 heterocycles. The van der Waals surface area contributed by atoms with E-state index in [1.54, 1.807) is 0 Å². The van der Waals surface area contributed by atoms with E-state index in [4.69, 9.17) is 4.74 Å². The Morgan fingerprint density at radius 1 is 1.31 bits per heavy atom. The highest BCUT2D eigenvalue weighted by molar-refractivity contribution is 9.09. The SMILES string of the molecule is CCC(C)OCC(CBr)C(C)(C)C. The van der Waals surface area contributed by atoms with Crippen molar-refractivity contribution in [1.82, 2.24) is 0 Å². The van der Waals surface area contributed by atoms with E-state index in [1.807, 2.05) is 0 Å². The lowest BCUT2D eigenvalue weighted by molar-refractivity contribution is 0.0171. The van der Waals surface area contributed by atoms with E-state index in [-0.39, 0.29) is 0 Å². The van der Waals surface area contributed by atoms with Gasteiger partial charge in [-0.05, 0) is 24.7 Å². The third kappa shape index (κ3) is 5.69. The zero-order valence-electron chi connectivity index (χ0n) is 9.56. The fraction of sp³-hybridized carbons (Fsp3) is 1.00. The average molecular weight is 251 g/mol. The van der Waals surface area contributed by atoms with E-state index in [0.717, 1.165) is 18.4 Å². The van der Waals surface area contributed by atoms with Gasteiger partial charge >= 0.3 is 0 Å². The Bertz CT molecular complexity index is 129. The van der Waals surface area contributed by atoms with E-state index in [0.29, 0.717) is 17.4 Å². The molecule has 0 aromatic carbocycles. The molecular formula is C11H23BrO.